The molecule has 100 valence electrons. The summed E-state index contributed by atoms with van der Waals surface area (Å²) >= 11 is 0. The second-order valence-electron chi connectivity index (χ2n) is 4.42. The molecule has 0 radical (unpaired) electrons. The summed E-state index contributed by atoms with van der Waals surface area (Å²) in [5, 5.41) is 3.62. The molecule has 1 heterocycles. The number of nitrogen functional groups attached to an aromatic ring is 1. The van der Waals surface area contributed by atoms with Crippen LogP contribution in [0.4, 0.5) is 11.4 Å². The standard InChI is InChI=1S/C14H18N4O/c1-16-13(19)7-8-18(2)14-10-5-3-4-6-12(10)17-9-11(14)15/h3-6,9H,7-8,15H2,1-2H3,(H,16,19). The lowest BCUT2D eigenvalue weighted by Gasteiger charge is -2.22. The van der Waals surface area contributed by atoms with Crippen LogP contribution in [-0.2, 0) is 4.79 Å². The van der Waals surface area contributed by atoms with Gasteiger partial charge in [-0.05, 0) is 6.07 Å². The van der Waals surface area contributed by atoms with Gasteiger partial charge in [0.25, 0.3) is 0 Å². The Hall–Kier alpha value is -2.30. The number of pyridine rings is 1. The largest absolute Gasteiger partial charge is 0.396 e. The molecular weight excluding hydrogens is 240 g/mol. The van der Waals surface area contributed by atoms with Crippen LogP contribution in [0, 0.1) is 0 Å². The van der Waals surface area contributed by atoms with Gasteiger partial charge in [-0.3, -0.25) is 9.78 Å². The molecule has 0 aliphatic rings. The zero-order valence-electron chi connectivity index (χ0n) is 11.2. The highest BCUT2D eigenvalue weighted by Crippen LogP contribution is 2.30. The Morgan fingerprint density at radius 2 is 2.16 bits per heavy atom. The van der Waals surface area contributed by atoms with Gasteiger partial charge >= 0.3 is 0 Å². The second-order valence-corrected chi connectivity index (χ2v) is 4.42. The molecule has 0 spiro atoms. The van der Waals surface area contributed by atoms with E-state index in [1.807, 2.05) is 36.2 Å². The number of para-hydroxylation sites is 1. The van der Waals surface area contributed by atoms with E-state index in [1.54, 1.807) is 13.2 Å². The van der Waals surface area contributed by atoms with E-state index in [9.17, 15) is 4.79 Å². The summed E-state index contributed by atoms with van der Waals surface area (Å²) in [5.41, 5.74) is 8.47. The molecule has 0 saturated heterocycles. The number of hydrogen-bond acceptors (Lipinski definition) is 4. The van der Waals surface area contributed by atoms with Gasteiger partial charge in [0.05, 0.1) is 23.1 Å². The number of carbonyl (C=O) groups excluding carboxylic acids is 1. The fourth-order valence-electron chi connectivity index (χ4n) is 2.07. The van der Waals surface area contributed by atoms with E-state index in [-0.39, 0.29) is 5.91 Å². The van der Waals surface area contributed by atoms with E-state index in [2.05, 4.69) is 10.3 Å². The van der Waals surface area contributed by atoms with E-state index < -0.39 is 0 Å². The van der Waals surface area contributed by atoms with Crippen LogP contribution in [0.2, 0.25) is 0 Å². The number of nitrogens with two attached hydrogens (primary N) is 1. The molecule has 1 aromatic heterocycles. The van der Waals surface area contributed by atoms with E-state index in [1.165, 1.54) is 0 Å². The number of hydrogen-bond donors (Lipinski definition) is 2. The van der Waals surface area contributed by atoms with Crippen molar-refractivity contribution in [1.82, 2.24) is 10.3 Å². The highest BCUT2D eigenvalue weighted by atomic mass is 16.1. The number of amides is 1. The molecule has 1 amide bonds. The molecule has 2 rings (SSSR count). The minimum Gasteiger partial charge on any atom is -0.396 e. The van der Waals surface area contributed by atoms with Crippen molar-refractivity contribution in [2.75, 3.05) is 31.3 Å². The zero-order valence-corrected chi connectivity index (χ0v) is 11.2. The number of nitrogens with one attached hydrogen (secondary N) is 1. The van der Waals surface area contributed by atoms with Gasteiger partial charge < -0.3 is 16.0 Å². The monoisotopic (exact) mass is 258 g/mol. The molecule has 0 bridgehead atoms. The lowest BCUT2D eigenvalue weighted by Crippen LogP contribution is -2.27. The number of carbonyl (C=O) groups is 1. The Balaban J connectivity index is 2.32. The number of aromatic nitrogens is 1. The van der Waals surface area contributed by atoms with Crippen molar-refractivity contribution in [2.24, 2.45) is 0 Å². The van der Waals surface area contributed by atoms with Gasteiger partial charge in [0.2, 0.25) is 5.91 Å². The quantitative estimate of drug-likeness (QED) is 0.869. The SMILES string of the molecule is CNC(=O)CCN(C)c1c(N)cnc2ccccc12. The van der Waals surface area contributed by atoms with Gasteiger partial charge in [-0.1, -0.05) is 18.2 Å². The highest BCUT2D eigenvalue weighted by Gasteiger charge is 2.11. The van der Waals surface area contributed by atoms with Crippen molar-refractivity contribution < 1.29 is 4.79 Å². The van der Waals surface area contributed by atoms with Crippen LogP contribution in [0.15, 0.2) is 30.5 Å². The molecule has 1 aromatic carbocycles. The molecule has 2 aromatic rings. The summed E-state index contributed by atoms with van der Waals surface area (Å²) in [6.07, 6.45) is 2.09. The molecule has 0 saturated carbocycles. The fraction of sp³-hybridized carbons (Fsp3) is 0.286. The third-order valence-electron chi connectivity index (χ3n) is 3.11. The summed E-state index contributed by atoms with van der Waals surface area (Å²) in [4.78, 5) is 17.6. The lowest BCUT2D eigenvalue weighted by molar-refractivity contribution is -0.120. The van der Waals surface area contributed by atoms with Crippen LogP contribution >= 0.6 is 0 Å². The van der Waals surface area contributed by atoms with Crippen molar-refractivity contribution in [3.05, 3.63) is 30.5 Å². The van der Waals surface area contributed by atoms with Crippen LogP contribution in [0.5, 0.6) is 0 Å². The summed E-state index contributed by atoms with van der Waals surface area (Å²) in [6, 6.07) is 7.84. The number of nitrogens with zero attached hydrogens (tertiary/aromatic N) is 2. The van der Waals surface area contributed by atoms with Gasteiger partial charge in [0, 0.05) is 32.4 Å². The highest BCUT2D eigenvalue weighted by molar-refractivity contribution is 5.97. The van der Waals surface area contributed by atoms with Crippen LogP contribution in [0.25, 0.3) is 10.9 Å². The van der Waals surface area contributed by atoms with E-state index in [0.29, 0.717) is 18.7 Å². The molecule has 5 nitrogen and oxygen atoms in total. The minimum atomic E-state index is 0.0174. The molecule has 0 atom stereocenters. The third kappa shape index (κ3) is 2.76. The van der Waals surface area contributed by atoms with Gasteiger partial charge in [-0.2, -0.15) is 0 Å². The molecule has 19 heavy (non-hydrogen) atoms. The number of rotatable bonds is 4. The molecule has 0 aliphatic carbocycles. The predicted molar refractivity (Wildman–Crippen MR) is 78.1 cm³/mol. The average Bonchev–Trinajstić information content (AvgIpc) is 2.44. The molecule has 0 aliphatic heterocycles. The van der Waals surface area contributed by atoms with Crippen molar-refractivity contribution >= 4 is 28.2 Å². The Morgan fingerprint density at radius 3 is 2.89 bits per heavy atom. The zero-order chi connectivity index (χ0) is 13.8. The molecule has 0 fully saturated rings. The first-order valence-electron chi connectivity index (χ1n) is 6.18. The first-order chi connectivity index (χ1) is 9.13. The first-order valence-corrected chi connectivity index (χ1v) is 6.18. The normalized spacial score (nSPS) is 10.4. The van der Waals surface area contributed by atoms with Crippen LogP contribution in [-0.4, -0.2) is 31.5 Å². The molecule has 0 unspecified atom stereocenters. The third-order valence-corrected chi connectivity index (χ3v) is 3.11. The fourth-order valence-corrected chi connectivity index (χ4v) is 2.07. The average molecular weight is 258 g/mol. The summed E-state index contributed by atoms with van der Waals surface area (Å²) in [7, 11) is 3.57. The first kappa shape index (κ1) is 13.1. The van der Waals surface area contributed by atoms with Gasteiger partial charge in [0.1, 0.15) is 0 Å². The summed E-state index contributed by atoms with van der Waals surface area (Å²) in [5.74, 6) is 0.0174. The Labute approximate surface area is 112 Å². The van der Waals surface area contributed by atoms with E-state index in [0.717, 1.165) is 16.6 Å². The number of fused-ring (bicyclic) bond motifs is 1. The van der Waals surface area contributed by atoms with Gasteiger partial charge in [-0.25, -0.2) is 0 Å². The Kier molecular flexibility index (Phi) is 3.85. The molecular formula is C14H18N4O. The number of anilines is 2. The maximum Gasteiger partial charge on any atom is 0.221 e. The van der Waals surface area contributed by atoms with Crippen molar-refractivity contribution in [3.63, 3.8) is 0 Å². The minimum absolute atomic E-state index is 0.0174. The maximum atomic E-state index is 11.3. The van der Waals surface area contributed by atoms with Crippen molar-refractivity contribution in [1.29, 1.82) is 0 Å². The van der Waals surface area contributed by atoms with Crippen LogP contribution < -0.4 is 16.0 Å². The molecule has 3 N–H and O–H groups in total. The number of benzene rings is 1. The van der Waals surface area contributed by atoms with Gasteiger partial charge in [0.15, 0.2) is 0 Å². The van der Waals surface area contributed by atoms with Crippen LogP contribution in [0.3, 0.4) is 0 Å². The van der Waals surface area contributed by atoms with Crippen LogP contribution in [0.1, 0.15) is 6.42 Å². The van der Waals surface area contributed by atoms with Crippen molar-refractivity contribution in [3.8, 4) is 0 Å². The van der Waals surface area contributed by atoms with Crippen molar-refractivity contribution in [2.45, 2.75) is 6.42 Å². The summed E-state index contributed by atoms with van der Waals surface area (Å²) < 4.78 is 0. The van der Waals surface area contributed by atoms with Gasteiger partial charge in [-0.15, -0.1) is 0 Å². The maximum absolute atomic E-state index is 11.3. The summed E-state index contributed by atoms with van der Waals surface area (Å²) in [6.45, 7) is 0.609. The Morgan fingerprint density at radius 1 is 1.42 bits per heavy atom. The van der Waals surface area contributed by atoms with E-state index >= 15 is 0 Å². The Bertz CT molecular complexity index is 597. The molecule has 5 heteroatoms. The van der Waals surface area contributed by atoms with E-state index in [4.69, 9.17) is 5.73 Å². The second kappa shape index (κ2) is 5.56. The topological polar surface area (TPSA) is 71.2 Å². The predicted octanol–water partition coefficient (Wildman–Crippen LogP) is 1.39. The smallest absolute Gasteiger partial charge is 0.221 e. The lowest BCUT2D eigenvalue weighted by atomic mass is 10.1.